The number of rotatable bonds is 5. The molecule has 3 aromatic carbocycles. The van der Waals surface area contributed by atoms with E-state index in [4.69, 9.17) is 0 Å². The van der Waals surface area contributed by atoms with Crippen LogP contribution in [0.5, 0.6) is 0 Å². The van der Waals surface area contributed by atoms with E-state index >= 15 is 0 Å². The summed E-state index contributed by atoms with van der Waals surface area (Å²) >= 11 is 0. The third-order valence-corrected chi connectivity index (χ3v) is 6.54. The standard InChI is InChI=1S/C24H24N2O3S/c1-30(28,29)26-16-8-13-20-17-21(14-15-22(20)26)24(27)25-23(18-9-4-2-5-10-18)19-11-6-3-7-12-19/h2-7,9-12,14-15,17,23H,8,13,16H2,1H3,(H,25,27). The van der Waals surface area contributed by atoms with Crippen LogP contribution in [0.25, 0.3) is 0 Å². The molecule has 0 aliphatic carbocycles. The van der Waals surface area contributed by atoms with Gasteiger partial charge in [0.2, 0.25) is 10.0 Å². The van der Waals surface area contributed by atoms with Crippen LogP contribution in [0, 0.1) is 0 Å². The van der Waals surface area contributed by atoms with Crippen molar-refractivity contribution in [3.63, 3.8) is 0 Å². The van der Waals surface area contributed by atoms with Crippen LogP contribution in [-0.4, -0.2) is 27.1 Å². The fourth-order valence-electron chi connectivity index (χ4n) is 3.91. The number of nitrogens with zero attached hydrogens (tertiary/aromatic N) is 1. The van der Waals surface area contributed by atoms with Gasteiger partial charge in [0.25, 0.3) is 5.91 Å². The summed E-state index contributed by atoms with van der Waals surface area (Å²) in [6.45, 7) is 0.474. The Morgan fingerprint density at radius 3 is 2.10 bits per heavy atom. The van der Waals surface area contributed by atoms with Gasteiger partial charge in [0.15, 0.2) is 0 Å². The number of anilines is 1. The Kier molecular flexibility index (Phi) is 5.59. The highest BCUT2D eigenvalue weighted by Gasteiger charge is 2.25. The van der Waals surface area contributed by atoms with Crippen molar-refractivity contribution in [3.05, 3.63) is 101 Å². The van der Waals surface area contributed by atoms with Crippen LogP contribution in [0.4, 0.5) is 5.69 Å². The van der Waals surface area contributed by atoms with E-state index in [0.29, 0.717) is 17.8 Å². The number of nitrogens with one attached hydrogen (secondary N) is 1. The first-order valence-electron chi connectivity index (χ1n) is 9.95. The van der Waals surface area contributed by atoms with E-state index in [9.17, 15) is 13.2 Å². The van der Waals surface area contributed by atoms with Crippen LogP contribution in [-0.2, 0) is 16.4 Å². The molecule has 6 heteroatoms. The Bertz CT molecular complexity index is 1110. The fraction of sp³-hybridized carbons (Fsp3) is 0.208. The average Bonchev–Trinajstić information content (AvgIpc) is 2.77. The minimum atomic E-state index is -3.33. The van der Waals surface area contributed by atoms with Crippen molar-refractivity contribution in [2.45, 2.75) is 18.9 Å². The van der Waals surface area contributed by atoms with Crippen molar-refractivity contribution in [1.29, 1.82) is 0 Å². The summed E-state index contributed by atoms with van der Waals surface area (Å²) < 4.78 is 25.6. The Morgan fingerprint density at radius 2 is 1.53 bits per heavy atom. The van der Waals surface area contributed by atoms with Gasteiger partial charge in [-0.05, 0) is 47.7 Å². The van der Waals surface area contributed by atoms with Gasteiger partial charge in [0.05, 0.1) is 18.0 Å². The van der Waals surface area contributed by atoms with Gasteiger partial charge in [-0.2, -0.15) is 0 Å². The molecule has 1 amide bonds. The van der Waals surface area contributed by atoms with Crippen molar-refractivity contribution in [2.24, 2.45) is 0 Å². The SMILES string of the molecule is CS(=O)(=O)N1CCCc2cc(C(=O)NC(c3ccccc3)c3ccccc3)ccc21. The second-order valence-electron chi connectivity index (χ2n) is 7.51. The van der Waals surface area contributed by atoms with Crippen molar-refractivity contribution in [1.82, 2.24) is 5.32 Å². The molecule has 0 radical (unpaired) electrons. The minimum absolute atomic E-state index is 0.188. The number of sulfonamides is 1. The highest BCUT2D eigenvalue weighted by molar-refractivity contribution is 7.92. The molecule has 30 heavy (non-hydrogen) atoms. The number of carbonyl (C=O) groups is 1. The first-order valence-corrected chi connectivity index (χ1v) is 11.8. The van der Waals surface area contributed by atoms with Gasteiger partial charge in [-0.3, -0.25) is 9.10 Å². The lowest BCUT2D eigenvalue weighted by Crippen LogP contribution is -2.35. The predicted octanol–water partition coefficient (Wildman–Crippen LogP) is 3.92. The second-order valence-corrected chi connectivity index (χ2v) is 9.42. The molecule has 0 saturated carbocycles. The van der Waals surface area contributed by atoms with Crippen LogP contribution in [0.1, 0.15) is 39.5 Å². The summed E-state index contributed by atoms with van der Waals surface area (Å²) in [5.41, 5.74) is 4.08. The van der Waals surface area contributed by atoms with Gasteiger partial charge >= 0.3 is 0 Å². The smallest absolute Gasteiger partial charge is 0.252 e. The zero-order valence-electron chi connectivity index (χ0n) is 16.8. The molecular formula is C24H24N2O3S. The number of carbonyl (C=O) groups excluding carboxylic acids is 1. The third kappa shape index (κ3) is 4.24. The molecule has 0 aromatic heterocycles. The summed E-state index contributed by atoms with van der Waals surface area (Å²) in [7, 11) is -3.33. The topological polar surface area (TPSA) is 66.5 Å². The summed E-state index contributed by atoms with van der Waals surface area (Å²) in [4.78, 5) is 13.1. The monoisotopic (exact) mass is 420 g/mol. The lowest BCUT2D eigenvalue weighted by atomic mass is 9.97. The summed E-state index contributed by atoms with van der Waals surface area (Å²) in [6, 6.07) is 24.7. The van der Waals surface area contributed by atoms with Gasteiger partial charge in [0.1, 0.15) is 0 Å². The van der Waals surface area contributed by atoms with E-state index in [1.165, 1.54) is 10.6 Å². The summed E-state index contributed by atoms with van der Waals surface area (Å²) in [5.74, 6) is -0.188. The highest BCUT2D eigenvalue weighted by Crippen LogP contribution is 2.30. The number of amides is 1. The third-order valence-electron chi connectivity index (χ3n) is 5.36. The number of fused-ring (bicyclic) bond motifs is 1. The molecule has 154 valence electrons. The maximum absolute atomic E-state index is 13.1. The lowest BCUT2D eigenvalue weighted by Gasteiger charge is -2.29. The van der Waals surface area contributed by atoms with Crippen molar-refractivity contribution in [2.75, 3.05) is 17.1 Å². The first-order chi connectivity index (χ1) is 14.4. The van der Waals surface area contributed by atoms with Crippen molar-refractivity contribution < 1.29 is 13.2 Å². The van der Waals surface area contributed by atoms with Crippen LogP contribution in [0.3, 0.4) is 0 Å². The normalized spacial score (nSPS) is 13.7. The van der Waals surface area contributed by atoms with Crippen LogP contribution in [0.15, 0.2) is 78.9 Å². The quantitative estimate of drug-likeness (QED) is 0.680. The fourth-order valence-corrected chi connectivity index (χ4v) is 4.91. The van der Waals surface area contributed by atoms with E-state index < -0.39 is 10.0 Å². The first kappa shape index (κ1) is 20.2. The van der Waals surface area contributed by atoms with Gasteiger partial charge in [-0.15, -0.1) is 0 Å². The number of hydrogen-bond donors (Lipinski definition) is 1. The van der Waals surface area contributed by atoms with Crippen molar-refractivity contribution >= 4 is 21.6 Å². The van der Waals surface area contributed by atoms with Gasteiger partial charge in [-0.1, -0.05) is 60.7 Å². The Hall–Kier alpha value is -3.12. The van der Waals surface area contributed by atoms with Crippen molar-refractivity contribution in [3.8, 4) is 0 Å². The molecule has 3 aromatic rings. The van der Waals surface area contributed by atoms with Gasteiger partial charge in [0, 0.05) is 12.1 Å². The Morgan fingerprint density at radius 1 is 0.933 bits per heavy atom. The molecule has 1 N–H and O–H groups in total. The molecule has 5 nitrogen and oxygen atoms in total. The van der Waals surface area contributed by atoms with Crippen LogP contribution >= 0.6 is 0 Å². The Labute approximate surface area is 177 Å². The molecule has 4 rings (SSSR count). The zero-order valence-corrected chi connectivity index (χ0v) is 17.6. The van der Waals surface area contributed by atoms with Crippen LogP contribution < -0.4 is 9.62 Å². The molecule has 0 saturated heterocycles. The molecule has 1 aliphatic heterocycles. The van der Waals surface area contributed by atoms with E-state index in [1.54, 1.807) is 12.1 Å². The molecule has 1 heterocycles. The van der Waals surface area contributed by atoms with E-state index in [1.807, 2.05) is 66.7 Å². The molecular weight excluding hydrogens is 396 g/mol. The predicted molar refractivity (Wildman–Crippen MR) is 119 cm³/mol. The van der Waals surface area contributed by atoms with E-state index in [2.05, 4.69) is 5.32 Å². The van der Waals surface area contributed by atoms with Crippen LogP contribution in [0.2, 0.25) is 0 Å². The summed E-state index contributed by atoms with van der Waals surface area (Å²) in [5, 5.41) is 3.14. The zero-order chi connectivity index (χ0) is 21.1. The number of benzene rings is 3. The maximum atomic E-state index is 13.1. The minimum Gasteiger partial charge on any atom is -0.341 e. The molecule has 0 fully saturated rings. The van der Waals surface area contributed by atoms with E-state index in [0.717, 1.165) is 29.5 Å². The molecule has 1 aliphatic rings. The molecule has 0 bridgehead atoms. The van der Waals surface area contributed by atoms with E-state index in [-0.39, 0.29) is 11.9 Å². The Balaban J connectivity index is 1.64. The molecule has 0 unspecified atom stereocenters. The van der Waals surface area contributed by atoms with Gasteiger partial charge in [-0.25, -0.2) is 8.42 Å². The lowest BCUT2D eigenvalue weighted by molar-refractivity contribution is 0.0943. The summed E-state index contributed by atoms with van der Waals surface area (Å²) in [6.07, 6.45) is 2.71. The number of aryl methyl sites for hydroxylation is 1. The molecule has 0 atom stereocenters. The van der Waals surface area contributed by atoms with Gasteiger partial charge < -0.3 is 5.32 Å². The highest BCUT2D eigenvalue weighted by atomic mass is 32.2. The number of hydrogen-bond acceptors (Lipinski definition) is 3. The maximum Gasteiger partial charge on any atom is 0.252 e. The average molecular weight is 421 g/mol. The second kappa shape index (κ2) is 8.32. The molecule has 0 spiro atoms. The largest absolute Gasteiger partial charge is 0.341 e.